The normalized spacial score (nSPS) is 13.7. The van der Waals surface area contributed by atoms with Crippen molar-refractivity contribution in [2.75, 3.05) is 0 Å². The lowest BCUT2D eigenvalue weighted by Crippen LogP contribution is -2.33. The number of benzene rings is 1. The summed E-state index contributed by atoms with van der Waals surface area (Å²) in [6.07, 6.45) is 1.60. The molecule has 4 nitrogen and oxygen atoms in total. The fraction of sp³-hybridized carbons (Fsp3) is 0.571. The highest BCUT2D eigenvalue weighted by atomic mass is 32.2. The lowest BCUT2D eigenvalue weighted by molar-refractivity contribution is 0.281. The minimum absolute atomic E-state index is 0.251. The predicted molar refractivity (Wildman–Crippen MR) is 76.2 cm³/mol. The molecule has 1 unspecified atom stereocenters. The average molecular weight is 303 g/mol. The molecule has 0 heterocycles. The molecule has 1 aromatic rings. The standard InChI is InChI=1S/C14H22FNO3S/c1-10(2)4-5-11(3)16-20(18,19)14-7-6-12(9-17)8-13(14)15/h6-8,10-11,16-17H,4-5,9H2,1-3H3. The van der Waals surface area contributed by atoms with Crippen molar-refractivity contribution >= 4 is 10.0 Å². The summed E-state index contributed by atoms with van der Waals surface area (Å²) in [6.45, 7) is 5.57. The van der Waals surface area contributed by atoms with Crippen molar-refractivity contribution in [1.82, 2.24) is 4.72 Å². The predicted octanol–water partition coefficient (Wildman–Crippen LogP) is 2.42. The molecule has 1 aromatic carbocycles. The van der Waals surface area contributed by atoms with Crippen LogP contribution in [0.5, 0.6) is 0 Å². The van der Waals surface area contributed by atoms with Crippen LogP contribution in [0.4, 0.5) is 4.39 Å². The van der Waals surface area contributed by atoms with Crippen molar-refractivity contribution in [2.24, 2.45) is 5.92 Å². The quantitative estimate of drug-likeness (QED) is 0.813. The molecule has 0 bridgehead atoms. The van der Waals surface area contributed by atoms with E-state index < -0.39 is 15.8 Å². The molecule has 0 aromatic heterocycles. The van der Waals surface area contributed by atoms with Crippen LogP contribution in [-0.2, 0) is 16.6 Å². The molecule has 0 aliphatic heterocycles. The van der Waals surface area contributed by atoms with Crippen LogP contribution in [-0.4, -0.2) is 19.6 Å². The van der Waals surface area contributed by atoms with Gasteiger partial charge in [-0.2, -0.15) is 0 Å². The van der Waals surface area contributed by atoms with Gasteiger partial charge in [0.15, 0.2) is 0 Å². The molecular formula is C14H22FNO3S. The Labute approximate surface area is 120 Å². The molecule has 0 fully saturated rings. The second-order valence-corrected chi connectivity index (χ2v) is 7.10. The summed E-state index contributed by atoms with van der Waals surface area (Å²) in [6, 6.07) is 3.36. The topological polar surface area (TPSA) is 66.4 Å². The summed E-state index contributed by atoms with van der Waals surface area (Å²) >= 11 is 0. The van der Waals surface area contributed by atoms with E-state index in [-0.39, 0.29) is 17.5 Å². The van der Waals surface area contributed by atoms with Gasteiger partial charge in [-0.1, -0.05) is 19.9 Å². The van der Waals surface area contributed by atoms with E-state index >= 15 is 0 Å². The highest BCUT2D eigenvalue weighted by Crippen LogP contribution is 2.17. The molecule has 20 heavy (non-hydrogen) atoms. The number of halogens is 1. The molecule has 1 rings (SSSR count). The second-order valence-electron chi connectivity index (χ2n) is 5.42. The van der Waals surface area contributed by atoms with Crippen LogP contribution in [0, 0.1) is 11.7 Å². The minimum atomic E-state index is -3.87. The van der Waals surface area contributed by atoms with Gasteiger partial charge in [0.1, 0.15) is 10.7 Å². The largest absolute Gasteiger partial charge is 0.392 e. The van der Waals surface area contributed by atoms with Gasteiger partial charge < -0.3 is 5.11 Å². The van der Waals surface area contributed by atoms with E-state index in [1.807, 2.05) is 0 Å². The number of aliphatic hydroxyl groups is 1. The Bertz CT molecular complexity index is 543. The lowest BCUT2D eigenvalue weighted by Gasteiger charge is -2.16. The lowest BCUT2D eigenvalue weighted by atomic mass is 10.1. The van der Waals surface area contributed by atoms with Crippen LogP contribution in [0.3, 0.4) is 0 Å². The first-order valence-electron chi connectivity index (χ1n) is 6.68. The summed E-state index contributed by atoms with van der Waals surface area (Å²) in [7, 11) is -3.87. The third kappa shape index (κ3) is 4.85. The van der Waals surface area contributed by atoms with Crippen LogP contribution >= 0.6 is 0 Å². The molecule has 0 amide bonds. The smallest absolute Gasteiger partial charge is 0.243 e. The maximum Gasteiger partial charge on any atom is 0.243 e. The van der Waals surface area contributed by atoms with Crippen molar-refractivity contribution in [2.45, 2.75) is 51.2 Å². The molecule has 6 heteroatoms. The van der Waals surface area contributed by atoms with Crippen molar-refractivity contribution in [1.29, 1.82) is 0 Å². The van der Waals surface area contributed by atoms with E-state index in [0.717, 1.165) is 12.5 Å². The van der Waals surface area contributed by atoms with Crippen LogP contribution in [0.2, 0.25) is 0 Å². The maximum absolute atomic E-state index is 13.8. The zero-order valence-corrected chi connectivity index (χ0v) is 12.9. The van der Waals surface area contributed by atoms with Gasteiger partial charge >= 0.3 is 0 Å². The van der Waals surface area contributed by atoms with Gasteiger partial charge in [0.2, 0.25) is 10.0 Å². The number of aliphatic hydroxyl groups excluding tert-OH is 1. The number of hydrogen-bond acceptors (Lipinski definition) is 3. The van der Waals surface area contributed by atoms with E-state index in [1.54, 1.807) is 6.92 Å². The van der Waals surface area contributed by atoms with Gasteiger partial charge in [-0.05, 0) is 43.4 Å². The Morgan fingerprint density at radius 1 is 1.25 bits per heavy atom. The Morgan fingerprint density at radius 3 is 2.40 bits per heavy atom. The van der Waals surface area contributed by atoms with E-state index in [9.17, 15) is 12.8 Å². The first-order chi connectivity index (χ1) is 9.26. The Balaban J connectivity index is 2.83. The van der Waals surface area contributed by atoms with Gasteiger partial charge in [0.25, 0.3) is 0 Å². The van der Waals surface area contributed by atoms with Crippen molar-refractivity contribution < 1.29 is 17.9 Å². The second kappa shape index (κ2) is 7.15. The highest BCUT2D eigenvalue weighted by molar-refractivity contribution is 7.89. The zero-order valence-electron chi connectivity index (χ0n) is 12.1. The molecule has 0 aliphatic carbocycles. The molecule has 0 saturated carbocycles. The SMILES string of the molecule is CC(C)CCC(C)NS(=O)(=O)c1ccc(CO)cc1F. The fourth-order valence-corrected chi connectivity index (χ4v) is 3.17. The molecule has 0 spiro atoms. The van der Waals surface area contributed by atoms with Gasteiger partial charge in [0.05, 0.1) is 6.61 Å². The molecule has 0 radical (unpaired) electrons. The molecule has 0 aliphatic rings. The number of nitrogens with one attached hydrogen (secondary N) is 1. The van der Waals surface area contributed by atoms with Gasteiger partial charge in [-0.25, -0.2) is 17.5 Å². The third-order valence-corrected chi connectivity index (χ3v) is 4.62. The van der Waals surface area contributed by atoms with E-state index in [2.05, 4.69) is 18.6 Å². The maximum atomic E-state index is 13.8. The van der Waals surface area contributed by atoms with Crippen molar-refractivity contribution in [3.05, 3.63) is 29.6 Å². The molecular weight excluding hydrogens is 281 g/mol. The highest BCUT2D eigenvalue weighted by Gasteiger charge is 2.21. The zero-order chi connectivity index (χ0) is 15.3. The number of rotatable bonds is 7. The summed E-state index contributed by atoms with van der Waals surface area (Å²) in [4.78, 5) is -0.383. The summed E-state index contributed by atoms with van der Waals surface area (Å²) < 4.78 is 40.4. The van der Waals surface area contributed by atoms with Crippen LogP contribution in [0.15, 0.2) is 23.1 Å². The van der Waals surface area contributed by atoms with Gasteiger partial charge in [-0.3, -0.25) is 0 Å². The van der Waals surface area contributed by atoms with Gasteiger partial charge in [-0.15, -0.1) is 0 Å². The Morgan fingerprint density at radius 2 is 1.90 bits per heavy atom. The minimum Gasteiger partial charge on any atom is -0.392 e. The van der Waals surface area contributed by atoms with Crippen molar-refractivity contribution in [3.8, 4) is 0 Å². The molecule has 2 N–H and O–H groups in total. The monoisotopic (exact) mass is 303 g/mol. The first-order valence-corrected chi connectivity index (χ1v) is 8.16. The Hall–Kier alpha value is -0.980. The van der Waals surface area contributed by atoms with Crippen molar-refractivity contribution in [3.63, 3.8) is 0 Å². The average Bonchev–Trinajstić information content (AvgIpc) is 2.35. The van der Waals surface area contributed by atoms with E-state index in [4.69, 9.17) is 5.11 Å². The molecule has 1 atom stereocenters. The molecule has 0 saturated heterocycles. The number of hydrogen-bond donors (Lipinski definition) is 2. The summed E-state index contributed by atoms with van der Waals surface area (Å²) in [5.41, 5.74) is 0.342. The fourth-order valence-electron chi connectivity index (χ4n) is 1.83. The van der Waals surface area contributed by atoms with E-state index in [1.165, 1.54) is 12.1 Å². The van der Waals surface area contributed by atoms with Crippen LogP contribution in [0.25, 0.3) is 0 Å². The summed E-state index contributed by atoms with van der Waals surface area (Å²) in [5.74, 6) is -0.359. The first kappa shape index (κ1) is 17.1. The molecule has 114 valence electrons. The van der Waals surface area contributed by atoms with E-state index in [0.29, 0.717) is 17.9 Å². The van der Waals surface area contributed by atoms with Crippen LogP contribution < -0.4 is 4.72 Å². The number of sulfonamides is 1. The van der Waals surface area contributed by atoms with Crippen LogP contribution in [0.1, 0.15) is 39.2 Å². The Kier molecular flexibility index (Phi) is 6.10. The summed E-state index contributed by atoms with van der Waals surface area (Å²) in [5, 5.41) is 8.89. The van der Waals surface area contributed by atoms with Gasteiger partial charge in [0, 0.05) is 6.04 Å². The third-order valence-electron chi connectivity index (χ3n) is 3.00.